The summed E-state index contributed by atoms with van der Waals surface area (Å²) >= 11 is 0. The predicted octanol–water partition coefficient (Wildman–Crippen LogP) is 4.81. The number of aryl methyl sites for hydroxylation is 2. The number of piperidine rings is 1. The van der Waals surface area contributed by atoms with Gasteiger partial charge in [0.1, 0.15) is 23.3 Å². The lowest BCUT2D eigenvalue weighted by molar-refractivity contribution is 0.0738. The fourth-order valence-electron chi connectivity index (χ4n) is 5.05. The fraction of sp³-hybridized carbons (Fsp3) is 0.560. The van der Waals surface area contributed by atoms with Crippen molar-refractivity contribution in [2.24, 2.45) is 0 Å². The maximum absolute atomic E-state index is 15.1. The molecule has 4 heterocycles. The average molecular weight is 472 g/mol. The summed E-state index contributed by atoms with van der Waals surface area (Å²) in [6, 6.07) is 3.85. The van der Waals surface area contributed by atoms with E-state index in [0.29, 0.717) is 40.6 Å². The van der Waals surface area contributed by atoms with Crippen LogP contribution in [0, 0.1) is 19.7 Å². The van der Waals surface area contributed by atoms with Crippen molar-refractivity contribution in [3.8, 4) is 11.5 Å². The molecular formula is C25H31F2N5O2. The lowest BCUT2D eigenvalue weighted by Gasteiger charge is -2.37. The minimum absolute atomic E-state index is 0.236. The number of anilines is 1. The van der Waals surface area contributed by atoms with Crippen LogP contribution in [0.1, 0.15) is 55.7 Å². The molecule has 2 aliphatic heterocycles. The zero-order chi connectivity index (χ0) is 23.8. The van der Waals surface area contributed by atoms with Crippen molar-refractivity contribution in [2.75, 3.05) is 31.2 Å². The van der Waals surface area contributed by atoms with Crippen molar-refractivity contribution in [1.29, 1.82) is 0 Å². The van der Waals surface area contributed by atoms with E-state index < -0.39 is 12.0 Å². The second-order valence-electron chi connectivity index (χ2n) is 9.41. The molecule has 182 valence electrons. The molecule has 1 aromatic carbocycles. The molecular weight excluding hydrogens is 440 g/mol. The van der Waals surface area contributed by atoms with Gasteiger partial charge in [0.2, 0.25) is 0 Å². The Morgan fingerprint density at radius 1 is 1.06 bits per heavy atom. The molecule has 0 spiro atoms. The first kappa shape index (κ1) is 23.1. The van der Waals surface area contributed by atoms with Gasteiger partial charge in [0, 0.05) is 43.8 Å². The molecule has 34 heavy (non-hydrogen) atoms. The molecule has 0 bridgehead atoms. The van der Waals surface area contributed by atoms with Crippen molar-refractivity contribution in [3.63, 3.8) is 0 Å². The van der Waals surface area contributed by atoms with Gasteiger partial charge >= 0.3 is 0 Å². The molecule has 5 rings (SSSR count). The molecule has 1 unspecified atom stereocenters. The van der Waals surface area contributed by atoms with Crippen molar-refractivity contribution in [1.82, 2.24) is 20.4 Å². The number of ether oxygens (including phenoxy) is 1. The zero-order valence-corrected chi connectivity index (χ0v) is 19.9. The normalized spacial score (nSPS) is 19.1. The number of hydrogen-bond donors (Lipinski definition) is 1. The van der Waals surface area contributed by atoms with Gasteiger partial charge in [-0.05, 0) is 69.7 Å². The largest absolute Gasteiger partial charge is 0.381 e. The fourth-order valence-corrected chi connectivity index (χ4v) is 5.05. The first-order valence-electron chi connectivity index (χ1n) is 12.1. The Hall–Kier alpha value is -2.65. The minimum Gasteiger partial charge on any atom is -0.381 e. The molecule has 1 atom stereocenters. The van der Waals surface area contributed by atoms with Crippen LogP contribution in [-0.2, 0) is 4.74 Å². The topological polar surface area (TPSA) is 76.3 Å². The van der Waals surface area contributed by atoms with Crippen LogP contribution >= 0.6 is 0 Å². The van der Waals surface area contributed by atoms with E-state index >= 15 is 4.39 Å². The van der Waals surface area contributed by atoms with Gasteiger partial charge in [-0.1, -0.05) is 5.16 Å². The lowest BCUT2D eigenvalue weighted by Crippen LogP contribution is -2.48. The average Bonchev–Trinajstić information content (AvgIpc) is 3.26. The lowest BCUT2D eigenvalue weighted by atomic mass is 9.97. The van der Waals surface area contributed by atoms with Gasteiger partial charge < -0.3 is 19.5 Å². The van der Waals surface area contributed by atoms with Crippen molar-refractivity contribution in [3.05, 3.63) is 34.9 Å². The highest BCUT2D eigenvalue weighted by atomic mass is 19.1. The molecule has 0 amide bonds. The summed E-state index contributed by atoms with van der Waals surface area (Å²) in [5.74, 6) is 0.974. The highest BCUT2D eigenvalue weighted by molar-refractivity contribution is 5.93. The monoisotopic (exact) mass is 471 g/mol. The molecule has 2 aromatic heterocycles. The second kappa shape index (κ2) is 9.54. The van der Waals surface area contributed by atoms with Gasteiger partial charge in [-0.15, -0.1) is 0 Å². The standard InChI is InChI=1S/C25H31F2N5O2/c1-14-20-12-17(15(2)26)13-21(27)23(20)30-24(22(14)25-28-16(3)31-34-25)32-8-4-18(5-9-32)29-19-6-10-33-11-7-19/h12-13,15,18-19,29H,4-11H2,1-3H3. The number of hydrogen-bond acceptors (Lipinski definition) is 7. The number of nitrogens with zero attached hydrogens (tertiary/aromatic N) is 4. The highest BCUT2D eigenvalue weighted by Crippen LogP contribution is 2.38. The summed E-state index contributed by atoms with van der Waals surface area (Å²) in [7, 11) is 0. The minimum atomic E-state index is -1.28. The molecule has 2 fully saturated rings. The summed E-state index contributed by atoms with van der Waals surface area (Å²) in [6.07, 6.45) is 2.73. The van der Waals surface area contributed by atoms with Gasteiger partial charge in [-0.3, -0.25) is 0 Å². The summed E-state index contributed by atoms with van der Waals surface area (Å²) < 4.78 is 40.1. The Kier molecular flexibility index (Phi) is 6.48. The van der Waals surface area contributed by atoms with Crippen LogP contribution in [0.3, 0.4) is 0 Å². The zero-order valence-electron chi connectivity index (χ0n) is 19.9. The van der Waals surface area contributed by atoms with Gasteiger partial charge in [0.25, 0.3) is 5.89 Å². The number of alkyl halides is 1. The van der Waals surface area contributed by atoms with Crippen LogP contribution in [0.2, 0.25) is 0 Å². The first-order chi connectivity index (χ1) is 16.4. The first-order valence-corrected chi connectivity index (χ1v) is 12.1. The molecule has 2 aliphatic rings. The number of halogens is 2. The van der Waals surface area contributed by atoms with E-state index in [4.69, 9.17) is 14.2 Å². The molecule has 0 saturated carbocycles. The van der Waals surface area contributed by atoms with Crippen LogP contribution in [0.15, 0.2) is 16.7 Å². The van der Waals surface area contributed by atoms with E-state index in [9.17, 15) is 4.39 Å². The van der Waals surface area contributed by atoms with Gasteiger partial charge in [0.15, 0.2) is 5.82 Å². The number of pyridine rings is 1. The Bertz CT molecular complexity index is 1170. The van der Waals surface area contributed by atoms with Crippen molar-refractivity contribution in [2.45, 2.75) is 64.7 Å². The Balaban J connectivity index is 1.50. The summed E-state index contributed by atoms with van der Waals surface area (Å²) in [5.41, 5.74) is 1.97. The second-order valence-corrected chi connectivity index (χ2v) is 9.41. The van der Waals surface area contributed by atoms with Gasteiger partial charge in [-0.2, -0.15) is 4.98 Å². The Morgan fingerprint density at radius 2 is 1.76 bits per heavy atom. The van der Waals surface area contributed by atoms with Gasteiger partial charge in [-0.25, -0.2) is 13.8 Å². The quantitative estimate of drug-likeness (QED) is 0.572. The summed E-state index contributed by atoms with van der Waals surface area (Å²) in [4.78, 5) is 11.4. The van der Waals surface area contributed by atoms with Crippen LogP contribution in [-0.4, -0.2) is 53.5 Å². The van der Waals surface area contributed by atoms with Crippen LogP contribution in [0.25, 0.3) is 22.4 Å². The number of nitrogens with one attached hydrogen (secondary N) is 1. The van der Waals surface area contributed by atoms with E-state index in [0.717, 1.165) is 57.6 Å². The Labute approximate surface area is 197 Å². The number of aromatic nitrogens is 3. The highest BCUT2D eigenvalue weighted by Gasteiger charge is 2.29. The predicted molar refractivity (Wildman–Crippen MR) is 126 cm³/mol. The van der Waals surface area contributed by atoms with Crippen LogP contribution in [0.5, 0.6) is 0 Å². The third kappa shape index (κ3) is 4.51. The maximum atomic E-state index is 15.1. The SMILES string of the molecule is Cc1noc(-c2c(N3CCC(NC4CCOCC4)CC3)nc3c(F)cc(C(C)F)cc3c2C)n1. The van der Waals surface area contributed by atoms with E-state index in [1.807, 2.05) is 6.92 Å². The van der Waals surface area contributed by atoms with Crippen molar-refractivity contribution < 1.29 is 18.0 Å². The third-order valence-electron chi connectivity index (χ3n) is 6.99. The van der Waals surface area contributed by atoms with E-state index in [1.54, 1.807) is 13.0 Å². The molecule has 3 aromatic rings. The molecule has 0 radical (unpaired) electrons. The molecule has 0 aliphatic carbocycles. The smallest absolute Gasteiger partial charge is 0.261 e. The van der Waals surface area contributed by atoms with Crippen LogP contribution in [0.4, 0.5) is 14.6 Å². The van der Waals surface area contributed by atoms with E-state index in [2.05, 4.69) is 20.4 Å². The van der Waals surface area contributed by atoms with E-state index in [-0.39, 0.29) is 11.1 Å². The van der Waals surface area contributed by atoms with Gasteiger partial charge in [0.05, 0.1) is 5.56 Å². The Morgan fingerprint density at radius 3 is 2.41 bits per heavy atom. The molecule has 9 heteroatoms. The number of fused-ring (bicyclic) bond motifs is 1. The number of benzene rings is 1. The van der Waals surface area contributed by atoms with Crippen molar-refractivity contribution >= 4 is 16.7 Å². The third-order valence-corrected chi connectivity index (χ3v) is 6.99. The molecule has 2 saturated heterocycles. The van der Waals surface area contributed by atoms with E-state index in [1.165, 1.54) is 13.0 Å². The molecule has 7 nitrogen and oxygen atoms in total. The molecule has 1 N–H and O–H groups in total. The summed E-state index contributed by atoms with van der Waals surface area (Å²) in [5, 5.41) is 8.30. The summed E-state index contributed by atoms with van der Waals surface area (Å²) in [6.45, 7) is 8.23. The van der Waals surface area contributed by atoms with Crippen LogP contribution < -0.4 is 10.2 Å². The maximum Gasteiger partial charge on any atom is 0.261 e. The number of rotatable bonds is 5.